The zero-order valence-corrected chi connectivity index (χ0v) is 15.1. The maximum absolute atomic E-state index is 11.7. The lowest BCUT2D eigenvalue weighted by atomic mass is 9.82. The highest BCUT2D eigenvalue weighted by Gasteiger charge is 2.35. The Morgan fingerprint density at radius 3 is 2.29 bits per heavy atom. The third-order valence-corrected chi connectivity index (χ3v) is 4.84. The van der Waals surface area contributed by atoms with E-state index in [-0.39, 0.29) is 29.9 Å². The number of guanidine groups is 1. The number of nitrogens with zero attached hydrogens (tertiary/aromatic N) is 2. The number of fused-ring (bicyclic) bond motifs is 1. The highest BCUT2D eigenvalue weighted by atomic mass is 127. The molecule has 1 amide bonds. The Bertz CT molecular complexity index is 383. The van der Waals surface area contributed by atoms with E-state index < -0.39 is 0 Å². The molecular formula is C15H27IN4O. The van der Waals surface area contributed by atoms with Gasteiger partial charge in [0.1, 0.15) is 0 Å². The Morgan fingerprint density at radius 1 is 1.14 bits per heavy atom. The lowest BCUT2D eigenvalue weighted by Gasteiger charge is -2.22. The number of likely N-dealkylation sites (tertiary alicyclic amines) is 1. The van der Waals surface area contributed by atoms with Gasteiger partial charge in [-0.05, 0) is 37.5 Å². The molecule has 3 rings (SSSR count). The fourth-order valence-electron chi connectivity index (χ4n) is 3.58. The number of hydrogen-bond acceptors (Lipinski definition) is 2. The molecule has 2 saturated carbocycles. The Morgan fingerprint density at radius 2 is 1.76 bits per heavy atom. The van der Waals surface area contributed by atoms with E-state index in [2.05, 4.69) is 20.5 Å². The molecule has 2 atom stereocenters. The van der Waals surface area contributed by atoms with Crippen LogP contribution < -0.4 is 10.6 Å². The van der Waals surface area contributed by atoms with E-state index in [0.717, 1.165) is 43.7 Å². The van der Waals surface area contributed by atoms with Crippen molar-refractivity contribution in [1.29, 1.82) is 0 Å². The predicted octanol–water partition coefficient (Wildman–Crippen LogP) is 1.58. The van der Waals surface area contributed by atoms with Gasteiger partial charge in [0, 0.05) is 26.2 Å². The van der Waals surface area contributed by atoms with Gasteiger partial charge in [-0.15, -0.1) is 24.0 Å². The van der Waals surface area contributed by atoms with Crippen LogP contribution >= 0.6 is 24.0 Å². The number of amides is 1. The second kappa shape index (κ2) is 7.65. The third-order valence-electron chi connectivity index (χ3n) is 4.84. The van der Waals surface area contributed by atoms with E-state index in [4.69, 9.17) is 0 Å². The second-order valence-electron chi connectivity index (χ2n) is 6.45. The van der Waals surface area contributed by atoms with Crippen molar-refractivity contribution in [1.82, 2.24) is 15.5 Å². The van der Waals surface area contributed by atoms with Crippen molar-refractivity contribution < 1.29 is 4.79 Å². The average molecular weight is 406 g/mol. The van der Waals surface area contributed by atoms with Crippen LogP contribution in [0.15, 0.2) is 4.99 Å². The van der Waals surface area contributed by atoms with Gasteiger partial charge in [-0.3, -0.25) is 9.79 Å². The smallest absolute Gasteiger partial charge is 0.239 e. The summed E-state index contributed by atoms with van der Waals surface area (Å²) < 4.78 is 0. The van der Waals surface area contributed by atoms with Gasteiger partial charge >= 0.3 is 0 Å². The first-order valence-corrected chi connectivity index (χ1v) is 8.01. The molecule has 2 unspecified atom stereocenters. The van der Waals surface area contributed by atoms with Gasteiger partial charge < -0.3 is 15.5 Å². The molecule has 0 aromatic rings. The van der Waals surface area contributed by atoms with Crippen LogP contribution in [-0.2, 0) is 4.79 Å². The fourth-order valence-corrected chi connectivity index (χ4v) is 3.58. The van der Waals surface area contributed by atoms with Crippen LogP contribution in [0.1, 0.15) is 38.5 Å². The van der Waals surface area contributed by atoms with Crippen molar-refractivity contribution in [3.8, 4) is 0 Å². The number of rotatable bonds is 3. The molecule has 1 aliphatic heterocycles. The van der Waals surface area contributed by atoms with Crippen molar-refractivity contribution in [2.45, 2.75) is 44.6 Å². The van der Waals surface area contributed by atoms with Crippen molar-refractivity contribution in [2.75, 3.05) is 26.7 Å². The standard InChI is InChI=1S/C15H26N4O.HI/c1-16-15(17-8-14(20)18-13-6-7-13)19-9-11-4-2-3-5-12(11)10-19;/h11-13H,2-10H2,1H3,(H,16,17)(H,18,20);1H. The molecule has 120 valence electrons. The average Bonchev–Trinajstić information content (AvgIpc) is 3.15. The summed E-state index contributed by atoms with van der Waals surface area (Å²) in [5.41, 5.74) is 0. The first-order valence-electron chi connectivity index (χ1n) is 8.01. The van der Waals surface area contributed by atoms with E-state index in [9.17, 15) is 4.79 Å². The van der Waals surface area contributed by atoms with Gasteiger partial charge in [-0.2, -0.15) is 0 Å². The maximum Gasteiger partial charge on any atom is 0.239 e. The summed E-state index contributed by atoms with van der Waals surface area (Å²) in [7, 11) is 1.81. The van der Waals surface area contributed by atoms with E-state index in [1.807, 2.05) is 7.05 Å². The highest BCUT2D eigenvalue weighted by Crippen LogP contribution is 2.35. The number of aliphatic imine (C=N–C) groups is 1. The summed E-state index contributed by atoms with van der Waals surface area (Å²) in [6, 6.07) is 0.431. The largest absolute Gasteiger partial charge is 0.352 e. The van der Waals surface area contributed by atoms with E-state index >= 15 is 0 Å². The monoisotopic (exact) mass is 406 g/mol. The number of halogens is 1. The molecule has 5 nitrogen and oxygen atoms in total. The molecule has 21 heavy (non-hydrogen) atoms. The zero-order chi connectivity index (χ0) is 13.9. The molecule has 3 aliphatic rings. The van der Waals surface area contributed by atoms with Crippen LogP contribution in [0.4, 0.5) is 0 Å². The minimum Gasteiger partial charge on any atom is -0.352 e. The van der Waals surface area contributed by atoms with Gasteiger partial charge in [0.15, 0.2) is 5.96 Å². The quantitative estimate of drug-likeness (QED) is 0.425. The SMILES string of the molecule is CN=C(NCC(=O)NC1CC1)N1CC2CCCCC2C1.I. The second-order valence-corrected chi connectivity index (χ2v) is 6.45. The molecule has 0 radical (unpaired) electrons. The third kappa shape index (κ3) is 4.47. The van der Waals surface area contributed by atoms with Gasteiger partial charge in [-0.25, -0.2) is 0 Å². The van der Waals surface area contributed by atoms with Crippen molar-refractivity contribution in [2.24, 2.45) is 16.8 Å². The van der Waals surface area contributed by atoms with E-state index in [0.29, 0.717) is 12.6 Å². The molecule has 3 fully saturated rings. The number of carbonyl (C=O) groups is 1. The molecular weight excluding hydrogens is 379 g/mol. The normalized spacial score (nSPS) is 28.6. The molecule has 0 spiro atoms. The Balaban J connectivity index is 0.00000161. The molecule has 1 saturated heterocycles. The van der Waals surface area contributed by atoms with Crippen LogP contribution in [0.25, 0.3) is 0 Å². The minimum absolute atomic E-state index is 0. The predicted molar refractivity (Wildman–Crippen MR) is 95.0 cm³/mol. The summed E-state index contributed by atoms with van der Waals surface area (Å²) in [5, 5.41) is 6.22. The van der Waals surface area contributed by atoms with Crippen LogP contribution in [0.3, 0.4) is 0 Å². The number of nitrogens with one attached hydrogen (secondary N) is 2. The van der Waals surface area contributed by atoms with Crippen molar-refractivity contribution >= 4 is 35.8 Å². The van der Waals surface area contributed by atoms with Gasteiger partial charge in [0.2, 0.25) is 5.91 Å². The first-order chi connectivity index (χ1) is 9.76. The summed E-state index contributed by atoms with van der Waals surface area (Å²) in [5.74, 6) is 2.65. The Hall–Kier alpha value is -0.530. The molecule has 0 aromatic heterocycles. The first kappa shape index (κ1) is 16.8. The van der Waals surface area contributed by atoms with Crippen LogP contribution in [0.2, 0.25) is 0 Å². The van der Waals surface area contributed by atoms with E-state index in [1.54, 1.807) is 0 Å². The molecule has 6 heteroatoms. The molecule has 0 bridgehead atoms. The summed E-state index contributed by atoms with van der Waals surface area (Å²) >= 11 is 0. The molecule has 1 heterocycles. The van der Waals surface area contributed by atoms with Crippen LogP contribution in [0.5, 0.6) is 0 Å². The van der Waals surface area contributed by atoms with Crippen LogP contribution in [-0.4, -0.2) is 49.5 Å². The lowest BCUT2D eigenvalue weighted by molar-refractivity contribution is -0.120. The summed E-state index contributed by atoms with van der Waals surface area (Å²) in [6.07, 6.45) is 7.75. The highest BCUT2D eigenvalue weighted by molar-refractivity contribution is 14.0. The summed E-state index contributed by atoms with van der Waals surface area (Å²) in [4.78, 5) is 18.4. The number of carbonyl (C=O) groups excluding carboxylic acids is 1. The zero-order valence-electron chi connectivity index (χ0n) is 12.8. The summed E-state index contributed by atoms with van der Waals surface area (Å²) in [6.45, 7) is 2.55. The van der Waals surface area contributed by atoms with Gasteiger partial charge in [0.25, 0.3) is 0 Å². The molecule has 2 aliphatic carbocycles. The fraction of sp³-hybridized carbons (Fsp3) is 0.867. The maximum atomic E-state index is 11.7. The Labute approximate surface area is 144 Å². The molecule has 2 N–H and O–H groups in total. The number of hydrogen-bond donors (Lipinski definition) is 2. The van der Waals surface area contributed by atoms with Crippen molar-refractivity contribution in [3.63, 3.8) is 0 Å². The van der Waals surface area contributed by atoms with Gasteiger partial charge in [-0.1, -0.05) is 12.8 Å². The lowest BCUT2D eigenvalue weighted by Crippen LogP contribution is -2.45. The topological polar surface area (TPSA) is 56.7 Å². The van der Waals surface area contributed by atoms with Crippen molar-refractivity contribution in [3.05, 3.63) is 0 Å². The van der Waals surface area contributed by atoms with Crippen LogP contribution in [0, 0.1) is 11.8 Å². The minimum atomic E-state index is 0. The van der Waals surface area contributed by atoms with Gasteiger partial charge in [0.05, 0.1) is 6.54 Å². The van der Waals surface area contributed by atoms with E-state index in [1.165, 1.54) is 25.7 Å². The molecule has 0 aromatic carbocycles. The Kier molecular flexibility index (Phi) is 6.13.